The summed E-state index contributed by atoms with van der Waals surface area (Å²) in [5.41, 5.74) is 2.41. The van der Waals surface area contributed by atoms with Crippen molar-refractivity contribution in [3.05, 3.63) is 84.4 Å². The number of aryl methyl sites for hydroxylation is 1. The van der Waals surface area contributed by atoms with Crippen LogP contribution in [0.2, 0.25) is 0 Å². The summed E-state index contributed by atoms with van der Waals surface area (Å²) >= 11 is 2.85. The van der Waals surface area contributed by atoms with Gasteiger partial charge in [0.1, 0.15) is 5.75 Å². The Morgan fingerprint density at radius 1 is 0.971 bits per heavy atom. The molecule has 0 aliphatic rings. The van der Waals surface area contributed by atoms with E-state index in [0.29, 0.717) is 21.4 Å². The van der Waals surface area contributed by atoms with Crippen LogP contribution in [0.15, 0.2) is 93.0 Å². The highest BCUT2D eigenvalue weighted by molar-refractivity contribution is 8.01. The second-order valence-electron chi connectivity index (χ2n) is 7.87. The zero-order chi connectivity index (χ0) is 23.7. The molecule has 0 atom stereocenters. The van der Waals surface area contributed by atoms with E-state index in [-0.39, 0.29) is 10.6 Å². The molecule has 1 heterocycles. The number of aromatic nitrogens is 1. The van der Waals surface area contributed by atoms with Crippen molar-refractivity contribution in [1.82, 2.24) is 4.98 Å². The van der Waals surface area contributed by atoms with Crippen LogP contribution in [0.1, 0.15) is 18.9 Å². The number of fused-ring (bicyclic) bond motifs is 2. The van der Waals surface area contributed by atoms with E-state index in [1.807, 2.05) is 48.5 Å². The SMILES string of the molecule is CCCc1ccc(S(=O)(=O)Nc2cc(Sc3nc4ccccc4s3)c(O)c3ccccc23)cc1. The first-order valence-corrected chi connectivity index (χ1v) is 14.0. The molecule has 5 aromatic rings. The molecule has 1 aromatic heterocycles. The van der Waals surface area contributed by atoms with E-state index in [1.54, 1.807) is 30.3 Å². The quantitative estimate of drug-likeness (QED) is 0.231. The number of aromatic hydroxyl groups is 1. The fraction of sp³-hybridized carbons (Fsp3) is 0.115. The number of nitrogens with zero attached hydrogens (tertiary/aromatic N) is 1. The number of nitrogens with one attached hydrogen (secondary N) is 1. The third-order valence-corrected chi connectivity index (χ3v) is 8.98. The molecule has 0 spiro atoms. The van der Waals surface area contributed by atoms with Crippen molar-refractivity contribution >= 4 is 59.8 Å². The molecule has 172 valence electrons. The smallest absolute Gasteiger partial charge is 0.261 e. The predicted octanol–water partition coefficient (Wildman–Crippen LogP) is 7.06. The second-order valence-corrected chi connectivity index (χ2v) is 11.9. The maximum absolute atomic E-state index is 13.2. The lowest BCUT2D eigenvalue weighted by Gasteiger charge is -2.14. The molecule has 5 nitrogen and oxygen atoms in total. The van der Waals surface area contributed by atoms with Gasteiger partial charge >= 0.3 is 0 Å². The van der Waals surface area contributed by atoms with E-state index < -0.39 is 10.0 Å². The number of hydrogen-bond acceptors (Lipinski definition) is 6. The first-order valence-electron chi connectivity index (χ1n) is 10.8. The van der Waals surface area contributed by atoms with Crippen LogP contribution in [-0.2, 0) is 16.4 Å². The van der Waals surface area contributed by atoms with Crippen LogP contribution in [0.3, 0.4) is 0 Å². The van der Waals surface area contributed by atoms with Crippen molar-refractivity contribution in [2.24, 2.45) is 0 Å². The van der Waals surface area contributed by atoms with Gasteiger partial charge in [-0.15, -0.1) is 11.3 Å². The molecule has 0 radical (unpaired) electrons. The van der Waals surface area contributed by atoms with Gasteiger partial charge in [-0.2, -0.15) is 0 Å². The molecule has 0 unspecified atom stereocenters. The molecule has 8 heteroatoms. The van der Waals surface area contributed by atoms with Gasteiger partial charge in [-0.3, -0.25) is 4.72 Å². The molecule has 0 saturated carbocycles. The summed E-state index contributed by atoms with van der Waals surface area (Å²) in [4.78, 5) is 5.37. The Balaban J connectivity index is 1.54. The lowest BCUT2D eigenvalue weighted by molar-refractivity contribution is 0.469. The summed E-state index contributed by atoms with van der Waals surface area (Å²) in [7, 11) is -3.81. The molecule has 4 aromatic carbocycles. The zero-order valence-corrected chi connectivity index (χ0v) is 20.8. The first-order chi connectivity index (χ1) is 16.4. The molecule has 34 heavy (non-hydrogen) atoms. The van der Waals surface area contributed by atoms with Crippen molar-refractivity contribution < 1.29 is 13.5 Å². The maximum atomic E-state index is 13.2. The summed E-state index contributed by atoms with van der Waals surface area (Å²) in [6, 6.07) is 23.7. The standard InChI is InChI=1S/C26H22N2O3S3/c1-2-7-17-12-14-18(15-13-17)34(30,31)28-22-16-24(25(29)20-9-4-3-8-19(20)22)33-26-27-21-10-5-6-11-23(21)32-26/h3-6,8-16,28-29H,2,7H2,1H3. The summed E-state index contributed by atoms with van der Waals surface area (Å²) in [5.74, 6) is 0.103. The van der Waals surface area contributed by atoms with Crippen LogP contribution in [0.25, 0.3) is 21.0 Å². The Hall–Kier alpha value is -3.07. The maximum Gasteiger partial charge on any atom is 0.261 e. The van der Waals surface area contributed by atoms with Gasteiger partial charge in [0.25, 0.3) is 10.0 Å². The van der Waals surface area contributed by atoms with Crippen molar-refractivity contribution in [3.63, 3.8) is 0 Å². The van der Waals surface area contributed by atoms with E-state index in [2.05, 4.69) is 16.6 Å². The Kier molecular flexibility index (Phi) is 6.20. The Labute approximate surface area is 206 Å². The number of sulfonamides is 1. The average molecular weight is 507 g/mol. The molecule has 2 N–H and O–H groups in total. The van der Waals surface area contributed by atoms with Crippen molar-refractivity contribution in [2.45, 2.75) is 33.9 Å². The van der Waals surface area contributed by atoms with E-state index >= 15 is 0 Å². The fourth-order valence-corrected chi connectivity index (χ4v) is 7.00. The van der Waals surface area contributed by atoms with Crippen LogP contribution in [0.5, 0.6) is 5.75 Å². The van der Waals surface area contributed by atoms with E-state index in [9.17, 15) is 13.5 Å². The van der Waals surface area contributed by atoms with Gasteiger partial charge in [0.05, 0.1) is 25.7 Å². The molecule has 5 rings (SSSR count). The monoisotopic (exact) mass is 506 g/mol. The normalized spacial score (nSPS) is 11.8. The van der Waals surface area contributed by atoms with Gasteiger partial charge in [0.2, 0.25) is 0 Å². The van der Waals surface area contributed by atoms with Gasteiger partial charge in [-0.05, 0) is 42.3 Å². The average Bonchev–Trinajstić information content (AvgIpc) is 3.25. The minimum atomic E-state index is -3.81. The fourth-order valence-electron chi connectivity index (χ4n) is 3.81. The summed E-state index contributed by atoms with van der Waals surface area (Å²) in [6.07, 6.45) is 1.90. The van der Waals surface area contributed by atoms with Crippen LogP contribution in [0.4, 0.5) is 5.69 Å². The summed E-state index contributed by atoms with van der Waals surface area (Å²) in [6.45, 7) is 2.09. The lowest BCUT2D eigenvalue weighted by Crippen LogP contribution is -2.13. The van der Waals surface area contributed by atoms with Gasteiger partial charge in [0, 0.05) is 10.8 Å². The minimum absolute atomic E-state index is 0.103. The van der Waals surface area contributed by atoms with Gasteiger partial charge in [0.15, 0.2) is 4.34 Å². The van der Waals surface area contributed by atoms with Crippen molar-refractivity contribution in [3.8, 4) is 5.75 Å². The summed E-state index contributed by atoms with van der Waals surface area (Å²) in [5, 5.41) is 12.2. The molecule has 0 bridgehead atoms. The van der Waals surface area contributed by atoms with E-state index in [1.165, 1.54) is 23.1 Å². The van der Waals surface area contributed by atoms with Crippen molar-refractivity contribution in [2.75, 3.05) is 4.72 Å². The van der Waals surface area contributed by atoms with Crippen LogP contribution in [-0.4, -0.2) is 18.5 Å². The van der Waals surface area contributed by atoms with Gasteiger partial charge in [-0.1, -0.05) is 73.6 Å². The molecule has 0 fully saturated rings. The molecular weight excluding hydrogens is 484 g/mol. The van der Waals surface area contributed by atoms with Crippen molar-refractivity contribution in [1.29, 1.82) is 0 Å². The highest BCUT2D eigenvalue weighted by Crippen LogP contribution is 2.44. The van der Waals surface area contributed by atoms with Crippen LogP contribution in [0, 0.1) is 0 Å². The number of thiazole rings is 1. The zero-order valence-electron chi connectivity index (χ0n) is 18.4. The third kappa shape index (κ3) is 4.49. The number of rotatable bonds is 7. The second kappa shape index (κ2) is 9.29. The highest BCUT2D eigenvalue weighted by atomic mass is 32.2. The number of phenols is 1. The molecular formula is C26H22N2O3S3. The number of para-hydroxylation sites is 1. The summed E-state index contributed by atoms with van der Waals surface area (Å²) < 4.78 is 31.0. The number of benzene rings is 4. The van der Waals surface area contributed by atoms with Crippen LogP contribution >= 0.6 is 23.1 Å². The topological polar surface area (TPSA) is 79.3 Å². The van der Waals surface area contributed by atoms with Crippen LogP contribution < -0.4 is 4.72 Å². The third-order valence-electron chi connectivity index (χ3n) is 5.47. The number of phenolic OH excluding ortho intramolecular Hbond substituents is 1. The number of anilines is 1. The van der Waals surface area contributed by atoms with Gasteiger partial charge < -0.3 is 5.11 Å². The first kappa shape index (κ1) is 22.7. The molecule has 0 amide bonds. The largest absolute Gasteiger partial charge is 0.506 e. The number of hydrogen-bond donors (Lipinski definition) is 2. The van der Waals surface area contributed by atoms with Gasteiger partial charge in [-0.25, -0.2) is 13.4 Å². The Bertz CT molecular complexity index is 1560. The lowest BCUT2D eigenvalue weighted by atomic mass is 10.1. The predicted molar refractivity (Wildman–Crippen MR) is 141 cm³/mol. The highest BCUT2D eigenvalue weighted by Gasteiger charge is 2.19. The Morgan fingerprint density at radius 3 is 2.41 bits per heavy atom. The van der Waals surface area contributed by atoms with E-state index in [4.69, 9.17) is 0 Å². The molecule has 0 saturated heterocycles. The van der Waals surface area contributed by atoms with E-state index in [0.717, 1.165) is 33.0 Å². The molecule has 0 aliphatic heterocycles. The minimum Gasteiger partial charge on any atom is -0.506 e. The Morgan fingerprint density at radius 2 is 1.68 bits per heavy atom. The molecule has 0 aliphatic carbocycles.